The SMILES string of the molecule is O=C(O)NC(CC1CCCCC1)C(=O)NC(C[C@@H]1CCNC1=O)C(=O)C(=O)NC1CC1. The van der Waals surface area contributed by atoms with Gasteiger partial charge in [0.2, 0.25) is 17.6 Å². The molecule has 0 radical (unpaired) electrons. The third kappa shape index (κ3) is 6.93. The number of carbonyl (C=O) groups excluding carboxylic acids is 4. The van der Waals surface area contributed by atoms with E-state index in [0.29, 0.717) is 19.4 Å². The van der Waals surface area contributed by atoms with Crippen LogP contribution >= 0.6 is 0 Å². The Morgan fingerprint density at radius 2 is 1.65 bits per heavy atom. The van der Waals surface area contributed by atoms with E-state index < -0.39 is 41.7 Å². The van der Waals surface area contributed by atoms with E-state index in [4.69, 9.17) is 0 Å². The first-order valence-corrected chi connectivity index (χ1v) is 11.3. The van der Waals surface area contributed by atoms with Gasteiger partial charge in [-0.2, -0.15) is 0 Å². The number of Topliss-reactive ketones (excluding diaryl/α,β-unsaturated/α-hetero) is 1. The van der Waals surface area contributed by atoms with Gasteiger partial charge >= 0.3 is 6.09 Å². The number of carbonyl (C=O) groups is 5. The fraction of sp³-hybridized carbons (Fsp3) is 0.762. The second-order valence-electron chi connectivity index (χ2n) is 8.93. The van der Waals surface area contributed by atoms with Crippen LogP contribution < -0.4 is 21.3 Å². The van der Waals surface area contributed by atoms with Crippen molar-refractivity contribution in [2.24, 2.45) is 11.8 Å². The van der Waals surface area contributed by atoms with Crippen LogP contribution in [0, 0.1) is 11.8 Å². The summed E-state index contributed by atoms with van der Waals surface area (Å²) in [5.74, 6) is -2.68. The Morgan fingerprint density at radius 1 is 0.935 bits per heavy atom. The molecule has 3 rings (SSSR count). The summed E-state index contributed by atoms with van der Waals surface area (Å²) in [5.41, 5.74) is 0. The van der Waals surface area contributed by atoms with Crippen molar-refractivity contribution >= 4 is 29.6 Å². The summed E-state index contributed by atoms with van der Waals surface area (Å²) in [6.45, 7) is 0.484. The van der Waals surface area contributed by atoms with Crippen molar-refractivity contribution in [2.75, 3.05) is 6.54 Å². The van der Waals surface area contributed by atoms with Gasteiger partial charge in [0.05, 0.1) is 6.04 Å². The molecule has 5 N–H and O–H groups in total. The van der Waals surface area contributed by atoms with Crippen molar-refractivity contribution in [1.29, 1.82) is 0 Å². The number of nitrogens with one attached hydrogen (secondary N) is 4. The van der Waals surface area contributed by atoms with Gasteiger partial charge in [-0.1, -0.05) is 32.1 Å². The highest BCUT2D eigenvalue weighted by Crippen LogP contribution is 2.27. The molecule has 2 aliphatic carbocycles. The summed E-state index contributed by atoms with van der Waals surface area (Å²) in [5, 5.41) is 19.3. The molecule has 0 bridgehead atoms. The minimum Gasteiger partial charge on any atom is -0.465 e. The molecule has 3 fully saturated rings. The summed E-state index contributed by atoms with van der Waals surface area (Å²) in [7, 11) is 0. The molecule has 31 heavy (non-hydrogen) atoms. The molecule has 1 aliphatic heterocycles. The fourth-order valence-corrected chi connectivity index (χ4v) is 4.44. The van der Waals surface area contributed by atoms with E-state index in [1.54, 1.807) is 0 Å². The Bertz CT molecular complexity index is 717. The third-order valence-electron chi connectivity index (χ3n) is 6.36. The zero-order chi connectivity index (χ0) is 22.4. The zero-order valence-corrected chi connectivity index (χ0v) is 17.7. The maximum Gasteiger partial charge on any atom is 0.405 e. The second kappa shape index (κ2) is 10.6. The molecule has 3 aliphatic rings. The highest BCUT2D eigenvalue weighted by Gasteiger charge is 2.37. The van der Waals surface area contributed by atoms with Crippen LogP contribution in [0.5, 0.6) is 0 Å². The number of hydrogen-bond acceptors (Lipinski definition) is 5. The van der Waals surface area contributed by atoms with E-state index in [1.165, 1.54) is 0 Å². The molecule has 2 saturated carbocycles. The molecule has 1 heterocycles. The van der Waals surface area contributed by atoms with E-state index in [1.807, 2.05) is 0 Å². The van der Waals surface area contributed by atoms with Crippen LogP contribution in [0.3, 0.4) is 0 Å². The van der Waals surface area contributed by atoms with Gasteiger partial charge in [-0.15, -0.1) is 0 Å². The van der Waals surface area contributed by atoms with Gasteiger partial charge in [-0.05, 0) is 38.0 Å². The van der Waals surface area contributed by atoms with E-state index in [2.05, 4.69) is 21.3 Å². The van der Waals surface area contributed by atoms with Gasteiger partial charge in [0.15, 0.2) is 0 Å². The van der Waals surface area contributed by atoms with E-state index in [-0.39, 0.29) is 24.3 Å². The van der Waals surface area contributed by atoms with Crippen molar-refractivity contribution in [1.82, 2.24) is 21.3 Å². The van der Waals surface area contributed by atoms with Gasteiger partial charge in [0.25, 0.3) is 5.91 Å². The Morgan fingerprint density at radius 3 is 2.23 bits per heavy atom. The molecule has 3 atom stereocenters. The predicted octanol–water partition coefficient (Wildman–Crippen LogP) is 0.452. The number of rotatable bonds is 10. The van der Waals surface area contributed by atoms with E-state index in [0.717, 1.165) is 44.9 Å². The lowest BCUT2D eigenvalue weighted by Gasteiger charge is -2.27. The van der Waals surface area contributed by atoms with E-state index in [9.17, 15) is 29.1 Å². The Labute approximate surface area is 181 Å². The predicted molar refractivity (Wildman–Crippen MR) is 110 cm³/mol. The molecule has 0 aromatic heterocycles. The largest absolute Gasteiger partial charge is 0.465 e. The summed E-state index contributed by atoms with van der Waals surface area (Å²) in [4.78, 5) is 61.3. The lowest BCUT2D eigenvalue weighted by atomic mass is 9.84. The van der Waals surface area contributed by atoms with Crippen molar-refractivity contribution in [2.45, 2.75) is 82.3 Å². The van der Waals surface area contributed by atoms with Crippen LogP contribution in [0.4, 0.5) is 4.79 Å². The lowest BCUT2D eigenvalue weighted by Crippen LogP contribution is -2.55. The standard InChI is InChI=1S/C21H32N4O6/c26-17(20(29)23-14-6-7-14)15(11-13-8-9-22-18(13)27)24-19(28)16(25-21(30)31)10-12-4-2-1-3-5-12/h12-16,25H,1-11H2,(H,22,27)(H,23,29)(H,24,28)(H,30,31)/t13-,15?,16?/m0/s1. The molecule has 0 spiro atoms. The first kappa shape index (κ1) is 23.0. The van der Waals surface area contributed by atoms with E-state index >= 15 is 0 Å². The molecule has 0 aromatic carbocycles. The van der Waals surface area contributed by atoms with Crippen molar-refractivity contribution in [3.8, 4) is 0 Å². The smallest absolute Gasteiger partial charge is 0.405 e. The minimum absolute atomic E-state index is 0.0116. The van der Waals surface area contributed by atoms with Crippen molar-refractivity contribution in [3.05, 3.63) is 0 Å². The van der Waals surface area contributed by atoms with Crippen LogP contribution in [-0.2, 0) is 19.2 Å². The minimum atomic E-state index is -1.32. The van der Waals surface area contributed by atoms with Crippen LogP contribution in [0.1, 0.15) is 64.2 Å². The number of carboxylic acid groups (broad SMARTS) is 1. The van der Waals surface area contributed by atoms with Crippen LogP contribution in [0.2, 0.25) is 0 Å². The summed E-state index contributed by atoms with van der Waals surface area (Å²) < 4.78 is 0. The highest BCUT2D eigenvalue weighted by atomic mass is 16.4. The van der Waals surface area contributed by atoms with Crippen LogP contribution in [0.15, 0.2) is 0 Å². The molecular formula is C21H32N4O6. The summed E-state index contributed by atoms with van der Waals surface area (Å²) in [6, 6.07) is -2.21. The maximum atomic E-state index is 13.0. The second-order valence-corrected chi connectivity index (χ2v) is 8.93. The van der Waals surface area contributed by atoms with Crippen molar-refractivity contribution in [3.63, 3.8) is 0 Å². The molecule has 10 nitrogen and oxygen atoms in total. The zero-order valence-electron chi connectivity index (χ0n) is 17.7. The quantitative estimate of drug-likeness (QED) is 0.313. The Balaban J connectivity index is 1.68. The van der Waals surface area contributed by atoms with Crippen LogP contribution in [-0.4, -0.2) is 59.4 Å². The third-order valence-corrected chi connectivity index (χ3v) is 6.36. The van der Waals surface area contributed by atoms with Crippen LogP contribution in [0.25, 0.3) is 0 Å². The number of ketones is 1. The van der Waals surface area contributed by atoms with Gasteiger partial charge in [0, 0.05) is 18.5 Å². The van der Waals surface area contributed by atoms with Gasteiger partial charge in [-0.3, -0.25) is 19.2 Å². The van der Waals surface area contributed by atoms with Gasteiger partial charge < -0.3 is 26.4 Å². The molecule has 10 heteroatoms. The van der Waals surface area contributed by atoms with Gasteiger partial charge in [-0.25, -0.2) is 4.79 Å². The first-order valence-electron chi connectivity index (χ1n) is 11.3. The molecule has 0 aromatic rings. The average Bonchev–Trinajstić information content (AvgIpc) is 3.46. The van der Waals surface area contributed by atoms with Crippen molar-refractivity contribution < 1.29 is 29.1 Å². The normalized spacial score (nSPS) is 23.4. The fourth-order valence-electron chi connectivity index (χ4n) is 4.44. The molecule has 2 unspecified atom stereocenters. The molecule has 1 saturated heterocycles. The number of amides is 4. The highest BCUT2D eigenvalue weighted by molar-refractivity contribution is 6.38. The lowest BCUT2D eigenvalue weighted by molar-refractivity contribution is -0.141. The summed E-state index contributed by atoms with van der Waals surface area (Å²) >= 11 is 0. The first-order chi connectivity index (χ1) is 14.8. The Hall–Kier alpha value is -2.65. The maximum absolute atomic E-state index is 13.0. The Kier molecular flexibility index (Phi) is 7.86. The molecular weight excluding hydrogens is 404 g/mol. The average molecular weight is 437 g/mol. The topological polar surface area (TPSA) is 154 Å². The van der Waals surface area contributed by atoms with Gasteiger partial charge in [0.1, 0.15) is 6.04 Å². The monoisotopic (exact) mass is 436 g/mol. The molecule has 172 valence electrons. The molecule has 4 amide bonds. The summed E-state index contributed by atoms with van der Waals surface area (Å²) in [6.07, 6.45) is 6.27. The number of hydrogen-bond donors (Lipinski definition) is 5.